The Bertz CT molecular complexity index is 873. The zero-order valence-electron chi connectivity index (χ0n) is 16.2. The SMILES string of the molecule is CC[C@@H](C)Nc1nc(NC)nc(-n2cnc(SCCOc3ccccc3)n2)n1. The third-order valence-electron chi connectivity index (χ3n) is 3.84. The minimum atomic E-state index is 0.256. The molecule has 0 saturated heterocycles. The Morgan fingerprint density at radius 1 is 1.14 bits per heavy atom. The third-order valence-corrected chi connectivity index (χ3v) is 4.65. The van der Waals surface area contributed by atoms with Crippen LogP contribution in [-0.4, -0.2) is 55.2 Å². The summed E-state index contributed by atoms with van der Waals surface area (Å²) < 4.78 is 7.23. The standard InChI is InChI=1S/C18H24N8OS/c1-4-13(2)21-16-22-15(19-3)23-17(24-16)26-12-20-18(25-26)28-11-10-27-14-8-6-5-7-9-14/h5-9,12-13H,4,10-11H2,1-3H3,(H2,19,21,22,23,24)/t13-/m1/s1. The second-order valence-corrected chi connectivity index (χ2v) is 7.03. The largest absolute Gasteiger partial charge is 0.493 e. The Balaban J connectivity index is 1.61. The highest BCUT2D eigenvalue weighted by atomic mass is 32.2. The van der Waals surface area contributed by atoms with Gasteiger partial charge in [0.1, 0.15) is 12.1 Å². The van der Waals surface area contributed by atoms with E-state index in [-0.39, 0.29) is 6.04 Å². The molecule has 2 aromatic heterocycles. The molecular weight excluding hydrogens is 376 g/mol. The van der Waals surface area contributed by atoms with Crippen molar-refractivity contribution in [3.05, 3.63) is 36.7 Å². The zero-order chi connectivity index (χ0) is 19.8. The van der Waals surface area contributed by atoms with Crippen LogP contribution in [0.4, 0.5) is 11.9 Å². The molecule has 0 radical (unpaired) electrons. The zero-order valence-corrected chi connectivity index (χ0v) is 17.0. The molecule has 0 aliphatic carbocycles. The average molecular weight is 401 g/mol. The average Bonchev–Trinajstić information content (AvgIpc) is 3.20. The van der Waals surface area contributed by atoms with Crippen LogP contribution in [0, 0.1) is 0 Å². The van der Waals surface area contributed by atoms with E-state index >= 15 is 0 Å². The first kappa shape index (κ1) is 19.9. The van der Waals surface area contributed by atoms with E-state index < -0.39 is 0 Å². The molecule has 2 N–H and O–H groups in total. The van der Waals surface area contributed by atoms with Crippen molar-refractivity contribution in [2.24, 2.45) is 0 Å². The molecule has 1 aromatic carbocycles. The summed E-state index contributed by atoms with van der Waals surface area (Å²) in [5, 5.41) is 11.3. The van der Waals surface area contributed by atoms with E-state index in [1.54, 1.807) is 18.1 Å². The van der Waals surface area contributed by atoms with Crippen molar-refractivity contribution in [2.45, 2.75) is 31.5 Å². The molecule has 9 nitrogen and oxygen atoms in total. The van der Waals surface area contributed by atoms with Crippen molar-refractivity contribution >= 4 is 23.7 Å². The molecule has 10 heteroatoms. The minimum Gasteiger partial charge on any atom is -0.493 e. The first-order chi connectivity index (χ1) is 13.7. The van der Waals surface area contributed by atoms with E-state index in [0.29, 0.717) is 29.6 Å². The number of anilines is 2. The van der Waals surface area contributed by atoms with Crippen LogP contribution in [0.5, 0.6) is 5.75 Å². The molecule has 0 aliphatic heterocycles. The van der Waals surface area contributed by atoms with Gasteiger partial charge in [-0.3, -0.25) is 0 Å². The molecule has 0 unspecified atom stereocenters. The van der Waals surface area contributed by atoms with Gasteiger partial charge < -0.3 is 15.4 Å². The van der Waals surface area contributed by atoms with Gasteiger partial charge in [0.25, 0.3) is 5.95 Å². The highest BCUT2D eigenvalue weighted by molar-refractivity contribution is 7.99. The summed E-state index contributed by atoms with van der Waals surface area (Å²) >= 11 is 1.51. The van der Waals surface area contributed by atoms with Crippen LogP contribution < -0.4 is 15.4 Å². The Hall–Kier alpha value is -2.88. The van der Waals surface area contributed by atoms with Gasteiger partial charge in [0, 0.05) is 18.8 Å². The molecule has 0 spiro atoms. The number of rotatable bonds is 10. The van der Waals surface area contributed by atoms with Gasteiger partial charge in [0.15, 0.2) is 0 Å². The predicted octanol–water partition coefficient (Wildman–Crippen LogP) is 2.88. The highest BCUT2D eigenvalue weighted by Gasteiger charge is 2.11. The lowest BCUT2D eigenvalue weighted by Crippen LogP contribution is -2.18. The second-order valence-electron chi connectivity index (χ2n) is 5.97. The molecule has 3 rings (SSSR count). The number of aromatic nitrogens is 6. The molecular formula is C18H24N8OS. The van der Waals surface area contributed by atoms with Crippen LogP contribution in [0.15, 0.2) is 41.8 Å². The summed E-state index contributed by atoms with van der Waals surface area (Å²) in [6.07, 6.45) is 2.56. The fraction of sp³-hybridized carbons (Fsp3) is 0.389. The van der Waals surface area contributed by atoms with E-state index in [1.807, 2.05) is 30.3 Å². The van der Waals surface area contributed by atoms with E-state index in [4.69, 9.17) is 4.74 Å². The summed E-state index contributed by atoms with van der Waals surface area (Å²) in [5.41, 5.74) is 0. The highest BCUT2D eigenvalue weighted by Crippen LogP contribution is 2.16. The maximum atomic E-state index is 5.68. The van der Waals surface area contributed by atoms with E-state index in [2.05, 4.69) is 49.5 Å². The lowest BCUT2D eigenvalue weighted by Gasteiger charge is -2.12. The number of benzene rings is 1. The maximum Gasteiger partial charge on any atom is 0.258 e. The van der Waals surface area contributed by atoms with Crippen molar-refractivity contribution in [3.8, 4) is 11.7 Å². The molecule has 0 bridgehead atoms. The third kappa shape index (κ3) is 5.56. The van der Waals surface area contributed by atoms with Gasteiger partial charge in [-0.15, -0.1) is 5.10 Å². The van der Waals surface area contributed by atoms with Crippen LogP contribution >= 0.6 is 11.8 Å². The number of nitrogens with one attached hydrogen (secondary N) is 2. The van der Waals surface area contributed by atoms with Crippen molar-refractivity contribution in [2.75, 3.05) is 30.0 Å². The summed E-state index contributed by atoms with van der Waals surface area (Å²) in [5.74, 6) is 2.97. The van der Waals surface area contributed by atoms with Crippen molar-refractivity contribution in [1.82, 2.24) is 29.7 Å². The van der Waals surface area contributed by atoms with Crippen molar-refractivity contribution in [1.29, 1.82) is 0 Å². The maximum absolute atomic E-state index is 5.68. The Kier molecular flexibility index (Phi) is 7.01. The molecule has 1 atom stereocenters. The number of thioether (sulfide) groups is 1. The molecule has 0 saturated carbocycles. The minimum absolute atomic E-state index is 0.256. The molecule has 0 aliphatic rings. The molecule has 2 heterocycles. The number of ether oxygens (including phenoxy) is 1. The Morgan fingerprint density at radius 3 is 2.68 bits per heavy atom. The normalized spacial score (nSPS) is 11.8. The van der Waals surface area contributed by atoms with E-state index in [1.165, 1.54) is 11.8 Å². The van der Waals surface area contributed by atoms with E-state index in [9.17, 15) is 0 Å². The first-order valence-electron chi connectivity index (χ1n) is 9.11. The molecule has 148 valence electrons. The topological polar surface area (TPSA) is 103 Å². The fourth-order valence-corrected chi connectivity index (χ4v) is 2.80. The summed E-state index contributed by atoms with van der Waals surface area (Å²) in [7, 11) is 1.77. The quantitative estimate of drug-likeness (QED) is 0.393. The van der Waals surface area contributed by atoms with Gasteiger partial charge >= 0.3 is 0 Å². The van der Waals surface area contributed by atoms with Gasteiger partial charge in [-0.05, 0) is 25.5 Å². The van der Waals surface area contributed by atoms with Crippen LogP contribution in [0.1, 0.15) is 20.3 Å². The summed E-state index contributed by atoms with van der Waals surface area (Å²) in [6.45, 7) is 4.74. The molecule has 28 heavy (non-hydrogen) atoms. The van der Waals surface area contributed by atoms with Gasteiger partial charge in [-0.1, -0.05) is 36.9 Å². The van der Waals surface area contributed by atoms with Gasteiger partial charge in [-0.25, -0.2) is 4.98 Å². The summed E-state index contributed by atoms with van der Waals surface area (Å²) in [4.78, 5) is 17.5. The molecule has 3 aromatic rings. The van der Waals surface area contributed by atoms with Gasteiger partial charge in [0.05, 0.1) is 6.61 Å². The molecule has 0 fully saturated rings. The van der Waals surface area contributed by atoms with Crippen LogP contribution in [0.2, 0.25) is 0 Å². The Labute approximate surface area is 168 Å². The number of hydrogen-bond donors (Lipinski definition) is 2. The lowest BCUT2D eigenvalue weighted by atomic mass is 10.3. The number of nitrogens with zero attached hydrogens (tertiary/aromatic N) is 6. The smallest absolute Gasteiger partial charge is 0.258 e. The van der Waals surface area contributed by atoms with Crippen molar-refractivity contribution < 1.29 is 4.74 Å². The van der Waals surface area contributed by atoms with Crippen LogP contribution in [0.25, 0.3) is 5.95 Å². The van der Waals surface area contributed by atoms with Gasteiger partial charge in [-0.2, -0.15) is 19.6 Å². The second kappa shape index (κ2) is 9.88. The van der Waals surface area contributed by atoms with E-state index in [0.717, 1.165) is 17.9 Å². The number of hydrogen-bond acceptors (Lipinski definition) is 9. The Morgan fingerprint density at radius 2 is 1.93 bits per heavy atom. The number of para-hydroxylation sites is 1. The molecule has 0 amide bonds. The monoisotopic (exact) mass is 400 g/mol. The van der Waals surface area contributed by atoms with Crippen LogP contribution in [-0.2, 0) is 0 Å². The van der Waals surface area contributed by atoms with Crippen molar-refractivity contribution in [3.63, 3.8) is 0 Å². The van der Waals surface area contributed by atoms with Crippen LogP contribution in [0.3, 0.4) is 0 Å². The van der Waals surface area contributed by atoms with Gasteiger partial charge in [0.2, 0.25) is 17.1 Å². The lowest BCUT2D eigenvalue weighted by molar-refractivity contribution is 0.344. The summed E-state index contributed by atoms with van der Waals surface area (Å²) in [6, 6.07) is 9.98. The first-order valence-corrected chi connectivity index (χ1v) is 10.1. The fourth-order valence-electron chi connectivity index (χ4n) is 2.19. The predicted molar refractivity (Wildman–Crippen MR) is 110 cm³/mol.